The third kappa shape index (κ3) is 17.8. The first-order valence-electron chi connectivity index (χ1n) is 10.4. The monoisotopic (exact) mass is 412 g/mol. The number of rotatable bonds is 21. The van der Waals surface area contributed by atoms with Gasteiger partial charge in [0.2, 0.25) is 0 Å². The van der Waals surface area contributed by atoms with Crippen molar-refractivity contribution in [3.8, 4) is 0 Å². The number of hydrogen-bond acceptors (Lipinski definition) is 7. The summed E-state index contributed by atoms with van der Waals surface area (Å²) in [5.41, 5.74) is 0. The summed E-state index contributed by atoms with van der Waals surface area (Å²) >= 11 is 0. The van der Waals surface area contributed by atoms with Crippen molar-refractivity contribution in [2.75, 3.05) is 52.9 Å². The van der Waals surface area contributed by atoms with Crippen LogP contribution in [0.1, 0.15) is 66.2 Å². The van der Waals surface area contributed by atoms with E-state index in [9.17, 15) is 4.57 Å². The van der Waals surface area contributed by atoms with E-state index in [0.717, 1.165) is 38.5 Å². The molecule has 0 heterocycles. The van der Waals surface area contributed by atoms with Crippen LogP contribution in [0.15, 0.2) is 0 Å². The fraction of sp³-hybridized carbons (Fsp3) is 1.00. The molecular formula is C19H41O7P. The van der Waals surface area contributed by atoms with E-state index in [4.69, 9.17) is 27.8 Å². The van der Waals surface area contributed by atoms with E-state index in [0.29, 0.717) is 39.6 Å². The maximum atomic E-state index is 12.9. The van der Waals surface area contributed by atoms with Gasteiger partial charge in [0.15, 0.2) is 0 Å². The van der Waals surface area contributed by atoms with E-state index in [2.05, 4.69) is 20.8 Å². The van der Waals surface area contributed by atoms with Gasteiger partial charge in [-0.15, -0.1) is 0 Å². The van der Waals surface area contributed by atoms with Gasteiger partial charge in [-0.3, -0.25) is 13.6 Å². The Morgan fingerprint density at radius 2 is 1.11 bits per heavy atom. The minimum absolute atomic E-state index is 0.154. The van der Waals surface area contributed by atoms with Crippen LogP contribution in [0.2, 0.25) is 0 Å². The van der Waals surface area contributed by atoms with Crippen molar-refractivity contribution < 1.29 is 32.3 Å². The lowest BCUT2D eigenvalue weighted by Gasteiger charge is -2.22. The number of phosphoric ester groups is 1. The maximum absolute atomic E-state index is 12.9. The molecule has 0 aromatic heterocycles. The quantitative estimate of drug-likeness (QED) is 0.194. The molecule has 0 aromatic carbocycles. The van der Waals surface area contributed by atoms with Gasteiger partial charge in [0, 0.05) is 19.8 Å². The van der Waals surface area contributed by atoms with Crippen molar-refractivity contribution in [3.63, 3.8) is 0 Å². The highest BCUT2D eigenvalue weighted by molar-refractivity contribution is 7.48. The first-order chi connectivity index (χ1) is 13.1. The van der Waals surface area contributed by atoms with Crippen molar-refractivity contribution in [1.82, 2.24) is 0 Å². The Morgan fingerprint density at radius 1 is 0.667 bits per heavy atom. The molecule has 0 saturated heterocycles. The van der Waals surface area contributed by atoms with Gasteiger partial charge in [0.05, 0.1) is 39.1 Å². The minimum atomic E-state index is -3.68. The summed E-state index contributed by atoms with van der Waals surface area (Å²) in [6.07, 6.45) is 5.78. The van der Waals surface area contributed by atoms with Crippen LogP contribution in [0.3, 0.4) is 0 Å². The van der Waals surface area contributed by atoms with Crippen molar-refractivity contribution in [2.24, 2.45) is 0 Å². The highest BCUT2D eigenvalue weighted by Crippen LogP contribution is 2.50. The Bertz CT molecular complexity index is 335. The fourth-order valence-corrected chi connectivity index (χ4v) is 3.25. The van der Waals surface area contributed by atoms with E-state index in [1.54, 1.807) is 6.92 Å². The van der Waals surface area contributed by atoms with Gasteiger partial charge in [-0.25, -0.2) is 4.57 Å². The van der Waals surface area contributed by atoms with Crippen LogP contribution in [-0.2, 0) is 32.3 Å². The standard InChI is InChI=1S/C19H41O7P/c1-5-8-11-21-14-16-24-27(20,25-17-15-22-12-9-6-2)26-19(4)18-23-13-10-7-3/h19H,5-18H2,1-4H3. The van der Waals surface area contributed by atoms with Crippen molar-refractivity contribution in [2.45, 2.75) is 72.3 Å². The summed E-state index contributed by atoms with van der Waals surface area (Å²) in [5, 5.41) is 0. The van der Waals surface area contributed by atoms with E-state index in [1.807, 2.05) is 0 Å². The lowest BCUT2D eigenvalue weighted by molar-refractivity contribution is 0.00830. The van der Waals surface area contributed by atoms with Gasteiger partial charge >= 0.3 is 7.82 Å². The Kier molecular flexibility index (Phi) is 19.3. The zero-order chi connectivity index (χ0) is 20.2. The molecule has 1 unspecified atom stereocenters. The van der Waals surface area contributed by atoms with E-state index in [-0.39, 0.29) is 13.2 Å². The second-order valence-electron chi connectivity index (χ2n) is 6.39. The molecule has 0 spiro atoms. The molecule has 7 nitrogen and oxygen atoms in total. The summed E-state index contributed by atoms with van der Waals surface area (Å²) in [4.78, 5) is 0. The van der Waals surface area contributed by atoms with Gasteiger partial charge in [-0.2, -0.15) is 0 Å². The summed E-state index contributed by atoms with van der Waals surface area (Å²) in [7, 11) is -3.68. The predicted octanol–water partition coefficient (Wildman–Crippen LogP) is 4.98. The molecule has 0 radical (unpaired) electrons. The molecule has 8 heteroatoms. The molecule has 1 atom stereocenters. The summed E-state index contributed by atoms with van der Waals surface area (Å²) in [6, 6.07) is 0. The van der Waals surface area contributed by atoms with Crippen LogP contribution in [0, 0.1) is 0 Å². The Balaban J connectivity index is 4.25. The maximum Gasteiger partial charge on any atom is 0.475 e. The Labute approximate surface area is 166 Å². The van der Waals surface area contributed by atoms with Gasteiger partial charge in [-0.1, -0.05) is 40.0 Å². The molecule has 27 heavy (non-hydrogen) atoms. The van der Waals surface area contributed by atoms with Crippen molar-refractivity contribution >= 4 is 7.82 Å². The van der Waals surface area contributed by atoms with Crippen LogP contribution in [-0.4, -0.2) is 59.0 Å². The lowest BCUT2D eigenvalue weighted by Crippen LogP contribution is -2.18. The second kappa shape index (κ2) is 19.3. The molecule has 0 aromatic rings. The SMILES string of the molecule is CCCCOCCOP(=O)(OCCOCCCC)OC(C)COCCCC. The predicted molar refractivity (Wildman–Crippen MR) is 107 cm³/mol. The van der Waals surface area contributed by atoms with Crippen LogP contribution in [0.5, 0.6) is 0 Å². The number of unbranched alkanes of at least 4 members (excludes halogenated alkanes) is 3. The Hall–Kier alpha value is -0.0100. The normalized spacial score (nSPS) is 13.2. The third-order valence-electron chi connectivity index (χ3n) is 3.54. The molecular weight excluding hydrogens is 371 g/mol. The zero-order valence-electron chi connectivity index (χ0n) is 17.8. The second-order valence-corrected chi connectivity index (χ2v) is 8.01. The van der Waals surface area contributed by atoms with Crippen LogP contribution < -0.4 is 0 Å². The van der Waals surface area contributed by atoms with Gasteiger partial charge in [0.1, 0.15) is 0 Å². The van der Waals surface area contributed by atoms with E-state index >= 15 is 0 Å². The first kappa shape index (κ1) is 27.0. The molecule has 0 fully saturated rings. The molecule has 0 amide bonds. The van der Waals surface area contributed by atoms with E-state index < -0.39 is 13.9 Å². The largest absolute Gasteiger partial charge is 0.475 e. The first-order valence-corrected chi connectivity index (χ1v) is 11.8. The van der Waals surface area contributed by atoms with Gasteiger partial charge < -0.3 is 14.2 Å². The molecule has 0 aliphatic rings. The highest BCUT2D eigenvalue weighted by Gasteiger charge is 2.29. The Morgan fingerprint density at radius 3 is 1.56 bits per heavy atom. The molecule has 0 rings (SSSR count). The molecule has 0 aliphatic carbocycles. The summed E-state index contributed by atoms with van der Waals surface area (Å²) < 4.78 is 45.6. The summed E-state index contributed by atoms with van der Waals surface area (Å²) in [6.45, 7) is 11.4. The molecule has 0 saturated carbocycles. The van der Waals surface area contributed by atoms with E-state index in [1.165, 1.54) is 0 Å². The fourth-order valence-electron chi connectivity index (χ4n) is 1.96. The number of phosphoric acid groups is 1. The zero-order valence-corrected chi connectivity index (χ0v) is 18.7. The number of hydrogen-bond donors (Lipinski definition) is 0. The highest BCUT2D eigenvalue weighted by atomic mass is 31.2. The van der Waals surface area contributed by atoms with Crippen LogP contribution >= 0.6 is 7.82 Å². The average Bonchev–Trinajstić information content (AvgIpc) is 2.64. The molecule has 164 valence electrons. The van der Waals surface area contributed by atoms with Crippen LogP contribution in [0.4, 0.5) is 0 Å². The van der Waals surface area contributed by atoms with Gasteiger partial charge in [0.25, 0.3) is 0 Å². The summed E-state index contributed by atoms with van der Waals surface area (Å²) in [5.74, 6) is 0. The third-order valence-corrected chi connectivity index (χ3v) is 5.16. The van der Waals surface area contributed by atoms with Gasteiger partial charge in [-0.05, 0) is 26.2 Å². The molecule has 0 aliphatic heterocycles. The smallest absolute Gasteiger partial charge is 0.379 e. The topological polar surface area (TPSA) is 72.5 Å². The average molecular weight is 413 g/mol. The van der Waals surface area contributed by atoms with Crippen molar-refractivity contribution in [3.05, 3.63) is 0 Å². The number of ether oxygens (including phenoxy) is 3. The molecule has 0 N–H and O–H groups in total. The van der Waals surface area contributed by atoms with Crippen LogP contribution in [0.25, 0.3) is 0 Å². The minimum Gasteiger partial charge on any atom is -0.379 e. The molecule has 0 bridgehead atoms. The van der Waals surface area contributed by atoms with Crippen molar-refractivity contribution in [1.29, 1.82) is 0 Å². The lowest BCUT2D eigenvalue weighted by atomic mass is 10.4.